The van der Waals surface area contributed by atoms with Crippen LogP contribution in [0, 0.1) is 5.82 Å². The van der Waals surface area contributed by atoms with Gasteiger partial charge in [-0.2, -0.15) is 0 Å². The van der Waals surface area contributed by atoms with Gasteiger partial charge in [-0.05, 0) is 25.1 Å². The number of ether oxygens (including phenoxy) is 2. The molecule has 106 valence electrons. The van der Waals surface area contributed by atoms with Gasteiger partial charge in [0.2, 0.25) is 0 Å². The lowest BCUT2D eigenvalue weighted by molar-refractivity contribution is 0.355. The molecule has 1 unspecified atom stereocenters. The van der Waals surface area contributed by atoms with Crippen LogP contribution in [0.2, 0.25) is 0 Å². The molecule has 1 atom stereocenters. The number of anilines is 1. The third-order valence-electron chi connectivity index (χ3n) is 3.14. The molecule has 2 aromatic rings. The van der Waals surface area contributed by atoms with Crippen LogP contribution >= 0.6 is 0 Å². The molecule has 0 saturated heterocycles. The Morgan fingerprint density at radius 1 is 1.00 bits per heavy atom. The Morgan fingerprint density at radius 3 is 2.35 bits per heavy atom. The van der Waals surface area contributed by atoms with Crippen LogP contribution in [-0.2, 0) is 0 Å². The highest BCUT2D eigenvalue weighted by atomic mass is 19.1. The minimum atomic E-state index is -0.215. The Labute approximate surface area is 118 Å². The van der Waals surface area contributed by atoms with Crippen LogP contribution in [0.3, 0.4) is 0 Å². The first-order chi connectivity index (χ1) is 9.65. The maximum absolute atomic E-state index is 13.7. The largest absolute Gasteiger partial charge is 0.493 e. The number of benzene rings is 2. The fourth-order valence-corrected chi connectivity index (χ4v) is 2.08. The van der Waals surface area contributed by atoms with Crippen LogP contribution in [0.25, 0.3) is 0 Å². The molecule has 4 heteroatoms. The van der Waals surface area contributed by atoms with Crippen molar-refractivity contribution in [2.45, 2.75) is 13.0 Å². The van der Waals surface area contributed by atoms with Gasteiger partial charge in [0.15, 0.2) is 11.5 Å². The van der Waals surface area contributed by atoms with E-state index in [0.29, 0.717) is 17.1 Å². The van der Waals surface area contributed by atoms with Crippen molar-refractivity contribution in [1.82, 2.24) is 0 Å². The van der Waals surface area contributed by atoms with Gasteiger partial charge in [-0.25, -0.2) is 4.39 Å². The molecule has 0 saturated carbocycles. The minimum absolute atomic E-state index is 0.144. The Morgan fingerprint density at radius 2 is 1.70 bits per heavy atom. The Bertz CT molecular complexity index is 586. The second kappa shape index (κ2) is 6.28. The van der Waals surface area contributed by atoms with E-state index in [1.165, 1.54) is 6.07 Å². The van der Waals surface area contributed by atoms with Crippen LogP contribution in [0.4, 0.5) is 10.1 Å². The first-order valence-corrected chi connectivity index (χ1v) is 6.38. The summed E-state index contributed by atoms with van der Waals surface area (Å²) < 4.78 is 24.2. The SMILES string of the molecule is COc1ccc(NC(C)c2ccccc2F)cc1OC. The third kappa shape index (κ3) is 3.02. The van der Waals surface area contributed by atoms with Crippen LogP contribution in [0.15, 0.2) is 42.5 Å². The lowest BCUT2D eigenvalue weighted by Crippen LogP contribution is -2.08. The summed E-state index contributed by atoms with van der Waals surface area (Å²) in [5.41, 5.74) is 1.47. The van der Waals surface area contributed by atoms with E-state index in [0.717, 1.165) is 5.69 Å². The standard InChI is InChI=1S/C16H18FNO2/c1-11(13-6-4-5-7-14(13)17)18-12-8-9-15(19-2)16(10-12)20-3/h4-11,18H,1-3H3. The molecule has 0 aliphatic carbocycles. The van der Waals surface area contributed by atoms with Crippen LogP contribution in [-0.4, -0.2) is 14.2 Å². The molecule has 0 aliphatic rings. The molecule has 0 aliphatic heterocycles. The quantitative estimate of drug-likeness (QED) is 0.894. The first-order valence-electron chi connectivity index (χ1n) is 6.38. The number of hydrogen-bond acceptors (Lipinski definition) is 3. The second-order valence-electron chi connectivity index (χ2n) is 4.46. The summed E-state index contributed by atoms with van der Waals surface area (Å²) in [4.78, 5) is 0. The molecular weight excluding hydrogens is 257 g/mol. The number of methoxy groups -OCH3 is 2. The predicted octanol–water partition coefficient (Wildman–Crippen LogP) is 4.02. The highest BCUT2D eigenvalue weighted by Gasteiger charge is 2.11. The van der Waals surface area contributed by atoms with Gasteiger partial charge in [0.25, 0.3) is 0 Å². The lowest BCUT2D eigenvalue weighted by Gasteiger charge is -2.17. The Kier molecular flexibility index (Phi) is 4.45. The molecule has 2 aromatic carbocycles. The summed E-state index contributed by atoms with van der Waals surface area (Å²) in [5, 5.41) is 3.25. The van der Waals surface area contributed by atoms with Crippen molar-refractivity contribution in [3.8, 4) is 11.5 Å². The maximum atomic E-state index is 13.7. The predicted molar refractivity (Wildman–Crippen MR) is 78.0 cm³/mol. The molecule has 2 rings (SSSR count). The number of rotatable bonds is 5. The van der Waals surface area contributed by atoms with E-state index in [2.05, 4.69) is 5.32 Å². The van der Waals surface area contributed by atoms with E-state index in [1.807, 2.05) is 31.2 Å². The Hall–Kier alpha value is -2.23. The monoisotopic (exact) mass is 275 g/mol. The van der Waals surface area contributed by atoms with E-state index in [1.54, 1.807) is 26.4 Å². The molecule has 0 spiro atoms. The lowest BCUT2D eigenvalue weighted by atomic mass is 10.1. The molecule has 1 N–H and O–H groups in total. The van der Waals surface area contributed by atoms with Crippen molar-refractivity contribution < 1.29 is 13.9 Å². The molecule has 0 heterocycles. The number of halogens is 1. The molecular formula is C16H18FNO2. The third-order valence-corrected chi connectivity index (χ3v) is 3.14. The van der Waals surface area contributed by atoms with Gasteiger partial charge in [-0.3, -0.25) is 0 Å². The fourth-order valence-electron chi connectivity index (χ4n) is 2.08. The Balaban J connectivity index is 2.20. The zero-order valence-electron chi connectivity index (χ0n) is 11.8. The van der Waals surface area contributed by atoms with Gasteiger partial charge in [0.1, 0.15) is 5.82 Å². The van der Waals surface area contributed by atoms with Crippen LogP contribution in [0.5, 0.6) is 11.5 Å². The van der Waals surface area contributed by atoms with Crippen molar-refractivity contribution in [2.75, 3.05) is 19.5 Å². The fraction of sp³-hybridized carbons (Fsp3) is 0.250. The van der Waals surface area contributed by atoms with Gasteiger partial charge in [0, 0.05) is 17.3 Å². The molecule has 0 amide bonds. The molecule has 3 nitrogen and oxygen atoms in total. The summed E-state index contributed by atoms with van der Waals surface area (Å²) >= 11 is 0. The van der Waals surface area contributed by atoms with Gasteiger partial charge < -0.3 is 14.8 Å². The smallest absolute Gasteiger partial charge is 0.162 e. The van der Waals surface area contributed by atoms with E-state index in [-0.39, 0.29) is 11.9 Å². The van der Waals surface area contributed by atoms with E-state index < -0.39 is 0 Å². The first kappa shape index (κ1) is 14.2. The van der Waals surface area contributed by atoms with Crippen LogP contribution < -0.4 is 14.8 Å². The van der Waals surface area contributed by atoms with Gasteiger partial charge in [-0.1, -0.05) is 18.2 Å². The number of nitrogens with one attached hydrogen (secondary N) is 1. The van der Waals surface area contributed by atoms with Crippen molar-refractivity contribution >= 4 is 5.69 Å². The highest BCUT2D eigenvalue weighted by Crippen LogP contribution is 2.31. The van der Waals surface area contributed by atoms with Crippen molar-refractivity contribution in [2.24, 2.45) is 0 Å². The second-order valence-corrected chi connectivity index (χ2v) is 4.46. The normalized spacial score (nSPS) is 11.8. The maximum Gasteiger partial charge on any atom is 0.162 e. The molecule has 0 radical (unpaired) electrons. The topological polar surface area (TPSA) is 30.5 Å². The van der Waals surface area contributed by atoms with Crippen molar-refractivity contribution in [3.05, 3.63) is 53.8 Å². The summed E-state index contributed by atoms with van der Waals surface area (Å²) in [6.07, 6.45) is 0. The number of hydrogen-bond donors (Lipinski definition) is 1. The zero-order chi connectivity index (χ0) is 14.5. The summed E-state index contributed by atoms with van der Waals surface area (Å²) in [6, 6.07) is 12.1. The zero-order valence-corrected chi connectivity index (χ0v) is 11.8. The molecule has 0 aromatic heterocycles. The summed E-state index contributed by atoms with van der Waals surface area (Å²) in [5.74, 6) is 1.09. The van der Waals surface area contributed by atoms with Gasteiger partial charge in [-0.15, -0.1) is 0 Å². The molecule has 0 bridgehead atoms. The van der Waals surface area contributed by atoms with E-state index >= 15 is 0 Å². The van der Waals surface area contributed by atoms with E-state index in [4.69, 9.17) is 9.47 Å². The summed E-state index contributed by atoms with van der Waals surface area (Å²) in [7, 11) is 3.18. The van der Waals surface area contributed by atoms with Gasteiger partial charge in [0.05, 0.1) is 20.3 Å². The average molecular weight is 275 g/mol. The molecule has 0 fully saturated rings. The highest BCUT2D eigenvalue weighted by molar-refractivity contribution is 5.55. The van der Waals surface area contributed by atoms with Crippen molar-refractivity contribution in [1.29, 1.82) is 0 Å². The minimum Gasteiger partial charge on any atom is -0.493 e. The van der Waals surface area contributed by atoms with Crippen LogP contribution in [0.1, 0.15) is 18.5 Å². The van der Waals surface area contributed by atoms with E-state index in [9.17, 15) is 4.39 Å². The van der Waals surface area contributed by atoms with Gasteiger partial charge >= 0.3 is 0 Å². The summed E-state index contributed by atoms with van der Waals surface area (Å²) in [6.45, 7) is 1.91. The average Bonchev–Trinajstić information content (AvgIpc) is 2.47. The van der Waals surface area contributed by atoms with Crippen molar-refractivity contribution in [3.63, 3.8) is 0 Å². The molecule has 20 heavy (non-hydrogen) atoms.